The molecule has 0 aliphatic rings. The Hall–Kier alpha value is -0.840. The second kappa shape index (κ2) is 4.92. The van der Waals surface area contributed by atoms with E-state index in [1.807, 2.05) is 30.3 Å². The molecule has 0 aromatic heterocycles. The molecule has 0 saturated heterocycles. The van der Waals surface area contributed by atoms with Gasteiger partial charge >= 0.3 is 0 Å². The molecular weight excluding hydrogens is 265 g/mol. The van der Waals surface area contributed by atoms with Gasteiger partial charge in [0.2, 0.25) is 0 Å². The van der Waals surface area contributed by atoms with Crippen LogP contribution >= 0.6 is 22.9 Å². The van der Waals surface area contributed by atoms with E-state index in [1.54, 1.807) is 28.9 Å². The third kappa shape index (κ3) is 3.04. The average Bonchev–Trinajstić information content (AvgIpc) is 2.16. The van der Waals surface area contributed by atoms with Gasteiger partial charge in [0, 0.05) is 6.08 Å². The van der Waals surface area contributed by atoms with Crippen LogP contribution in [0, 0.1) is 0 Å². The van der Waals surface area contributed by atoms with Crippen molar-refractivity contribution in [2.24, 2.45) is 0 Å². The molecule has 0 bridgehead atoms. The zero-order valence-corrected chi connectivity index (χ0v) is 8.49. The van der Waals surface area contributed by atoms with Crippen LogP contribution in [-0.2, 0) is 4.79 Å². The Balaban J connectivity index is 2.64. The minimum absolute atomic E-state index is 0.0977. The van der Waals surface area contributed by atoms with Crippen molar-refractivity contribution < 1.29 is 4.79 Å². The number of hydrogen-bond donors (Lipinski definition) is 1. The molecule has 0 aliphatic heterocycles. The van der Waals surface area contributed by atoms with Crippen molar-refractivity contribution in [3.05, 3.63) is 42.0 Å². The van der Waals surface area contributed by atoms with Crippen molar-refractivity contribution in [1.29, 1.82) is 0 Å². The first-order valence-corrected chi connectivity index (χ1v) is 4.54. The molecule has 62 valence electrons. The maximum Gasteiger partial charge on any atom is 0.252 e. The second-order valence-corrected chi connectivity index (χ2v) is 2.74. The molecule has 0 saturated carbocycles. The Morgan fingerprint density at radius 1 is 1.33 bits per heavy atom. The fourth-order valence-corrected chi connectivity index (χ4v) is 0.947. The van der Waals surface area contributed by atoms with Gasteiger partial charge in [0.05, 0.1) is 22.9 Å². The third-order valence-electron chi connectivity index (χ3n) is 1.32. The van der Waals surface area contributed by atoms with E-state index in [2.05, 4.69) is 3.53 Å². The number of nitrogens with one attached hydrogen (secondary N) is 1. The highest BCUT2D eigenvalue weighted by Crippen LogP contribution is 2.00. The Bertz CT molecular complexity index is 282. The summed E-state index contributed by atoms with van der Waals surface area (Å²) in [4.78, 5) is 10.8. The standard InChI is InChI=1S/C9H8INO/c10-11-9(12)7-6-8-4-2-1-3-5-8/h1-7H,(H,11,12). The van der Waals surface area contributed by atoms with Gasteiger partial charge < -0.3 is 0 Å². The lowest BCUT2D eigenvalue weighted by Crippen LogP contribution is -2.06. The summed E-state index contributed by atoms with van der Waals surface area (Å²) in [5.41, 5.74) is 1.03. The number of benzene rings is 1. The van der Waals surface area contributed by atoms with E-state index in [4.69, 9.17) is 0 Å². The normalized spacial score (nSPS) is 10.1. The largest absolute Gasteiger partial charge is 0.295 e. The molecule has 0 aliphatic carbocycles. The molecular formula is C9H8INO. The van der Waals surface area contributed by atoms with E-state index in [-0.39, 0.29) is 5.91 Å². The number of hydrogen-bond acceptors (Lipinski definition) is 1. The fourth-order valence-electron chi connectivity index (χ4n) is 0.768. The smallest absolute Gasteiger partial charge is 0.252 e. The highest BCUT2D eigenvalue weighted by Gasteiger charge is 1.88. The van der Waals surface area contributed by atoms with Crippen LogP contribution in [0.3, 0.4) is 0 Å². The number of halogens is 1. The Morgan fingerprint density at radius 2 is 2.00 bits per heavy atom. The summed E-state index contributed by atoms with van der Waals surface area (Å²) in [5.74, 6) is -0.0977. The van der Waals surface area contributed by atoms with Crippen LogP contribution in [0.15, 0.2) is 36.4 Å². The van der Waals surface area contributed by atoms with Crippen molar-refractivity contribution in [2.75, 3.05) is 0 Å². The number of carbonyl (C=O) groups is 1. The molecule has 1 amide bonds. The summed E-state index contributed by atoms with van der Waals surface area (Å²) in [6, 6.07) is 9.69. The average molecular weight is 273 g/mol. The molecule has 0 spiro atoms. The van der Waals surface area contributed by atoms with E-state index in [1.165, 1.54) is 6.08 Å². The quantitative estimate of drug-likeness (QED) is 0.499. The van der Waals surface area contributed by atoms with Crippen LogP contribution < -0.4 is 3.53 Å². The van der Waals surface area contributed by atoms with Gasteiger partial charge in [-0.1, -0.05) is 30.3 Å². The SMILES string of the molecule is O=C(C=Cc1ccccc1)NI. The van der Waals surface area contributed by atoms with Gasteiger partial charge in [-0.15, -0.1) is 0 Å². The second-order valence-electron chi connectivity index (χ2n) is 2.20. The molecule has 0 fully saturated rings. The summed E-state index contributed by atoms with van der Waals surface area (Å²) in [6.07, 6.45) is 3.27. The summed E-state index contributed by atoms with van der Waals surface area (Å²) in [6.45, 7) is 0. The van der Waals surface area contributed by atoms with Crippen LogP contribution in [0.1, 0.15) is 5.56 Å². The fraction of sp³-hybridized carbons (Fsp3) is 0. The first-order chi connectivity index (χ1) is 5.83. The Kier molecular flexibility index (Phi) is 3.79. The topological polar surface area (TPSA) is 29.1 Å². The maximum absolute atomic E-state index is 10.8. The molecule has 1 aromatic rings. The predicted molar refractivity (Wildman–Crippen MR) is 57.6 cm³/mol. The highest BCUT2D eigenvalue weighted by atomic mass is 127. The number of amides is 1. The van der Waals surface area contributed by atoms with E-state index in [0.29, 0.717) is 0 Å². The van der Waals surface area contributed by atoms with Gasteiger partial charge in [0.15, 0.2) is 0 Å². The van der Waals surface area contributed by atoms with Gasteiger partial charge in [-0.3, -0.25) is 8.32 Å². The van der Waals surface area contributed by atoms with Gasteiger partial charge in [-0.25, -0.2) is 0 Å². The Labute approximate surface area is 85.2 Å². The molecule has 0 atom stereocenters. The van der Waals surface area contributed by atoms with Gasteiger partial charge in [0.25, 0.3) is 5.91 Å². The predicted octanol–water partition coefficient (Wildman–Crippen LogP) is 2.17. The van der Waals surface area contributed by atoms with Crippen LogP contribution in [0.4, 0.5) is 0 Å². The zero-order chi connectivity index (χ0) is 8.81. The molecule has 1 rings (SSSR count). The van der Waals surface area contributed by atoms with E-state index >= 15 is 0 Å². The van der Waals surface area contributed by atoms with Crippen molar-refractivity contribution in [3.8, 4) is 0 Å². The maximum atomic E-state index is 10.8. The van der Waals surface area contributed by atoms with Crippen LogP contribution in [0.5, 0.6) is 0 Å². The van der Waals surface area contributed by atoms with Crippen molar-refractivity contribution in [3.63, 3.8) is 0 Å². The van der Waals surface area contributed by atoms with Crippen molar-refractivity contribution >= 4 is 34.8 Å². The monoisotopic (exact) mass is 273 g/mol. The minimum Gasteiger partial charge on any atom is -0.295 e. The first-order valence-electron chi connectivity index (χ1n) is 3.46. The first kappa shape index (κ1) is 9.25. The molecule has 1 aromatic carbocycles. The summed E-state index contributed by atoms with van der Waals surface area (Å²) in [7, 11) is 0. The molecule has 0 heterocycles. The summed E-state index contributed by atoms with van der Waals surface area (Å²) in [5, 5.41) is 0. The van der Waals surface area contributed by atoms with Crippen LogP contribution in [-0.4, -0.2) is 5.91 Å². The van der Waals surface area contributed by atoms with Crippen LogP contribution in [0.25, 0.3) is 6.08 Å². The zero-order valence-electron chi connectivity index (χ0n) is 6.33. The summed E-state index contributed by atoms with van der Waals surface area (Å²) < 4.78 is 2.48. The van der Waals surface area contributed by atoms with Gasteiger partial charge in [-0.05, 0) is 11.6 Å². The lowest BCUT2D eigenvalue weighted by Gasteiger charge is -1.90. The number of rotatable bonds is 2. The molecule has 12 heavy (non-hydrogen) atoms. The van der Waals surface area contributed by atoms with Gasteiger partial charge in [0.1, 0.15) is 0 Å². The van der Waals surface area contributed by atoms with Gasteiger partial charge in [-0.2, -0.15) is 0 Å². The third-order valence-corrected chi connectivity index (χ3v) is 1.85. The molecule has 2 nitrogen and oxygen atoms in total. The summed E-state index contributed by atoms with van der Waals surface area (Å²) >= 11 is 1.81. The molecule has 1 N–H and O–H groups in total. The highest BCUT2D eigenvalue weighted by molar-refractivity contribution is 14.1. The van der Waals surface area contributed by atoms with E-state index < -0.39 is 0 Å². The molecule has 0 unspecified atom stereocenters. The minimum atomic E-state index is -0.0977. The van der Waals surface area contributed by atoms with Crippen LogP contribution in [0.2, 0.25) is 0 Å². The van der Waals surface area contributed by atoms with Crippen molar-refractivity contribution in [1.82, 2.24) is 3.53 Å². The van der Waals surface area contributed by atoms with Crippen molar-refractivity contribution in [2.45, 2.75) is 0 Å². The van der Waals surface area contributed by atoms with E-state index in [9.17, 15) is 4.79 Å². The molecule has 0 radical (unpaired) electrons. The number of carbonyl (C=O) groups excluding carboxylic acids is 1. The molecule has 3 heteroatoms. The van der Waals surface area contributed by atoms with E-state index in [0.717, 1.165) is 5.56 Å². The Morgan fingerprint density at radius 3 is 2.58 bits per heavy atom. The lowest BCUT2D eigenvalue weighted by molar-refractivity contribution is -0.114. The lowest BCUT2D eigenvalue weighted by atomic mass is 10.2.